The number of hydrogen-bond acceptors (Lipinski definition) is 3. The van der Waals surface area contributed by atoms with E-state index in [1.54, 1.807) is 14.2 Å². The van der Waals surface area contributed by atoms with Crippen LogP contribution in [0.15, 0.2) is 24.3 Å². The van der Waals surface area contributed by atoms with Gasteiger partial charge in [0.2, 0.25) is 0 Å². The molecule has 4 heteroatoms. The SMILES string of the molecule is COc1cccc(OC)c1-c1cc(C)[nH]n1. The molecule has 2 rings (SSSR count). The largest absolute Gasteiger partial charge is 0.496 e. The van der Waals surface area contributed by atoms with Crippen molar-refractivity contribution >= 4 is 0 Å². The van der Waals surface area contributed by atoms with E-state index < -0.39 is 0 Å². The van der Waals surface area contributed by atoms with Crippen LogP contribution in [0.2, 0.25) is 0 Å². The standard InChI is InChI=1S/C12H14N2O2/c1-8-7-9(14-13-8)12-10(15-2)5-4-6-11(12)16-3/h4-7H,1-3H3,(H,13,14). The van der Waals surface area contributed by atoms with Crippen LogP contribution in [0.4, 0.5) is 0 Å². The van der Waals surface area contributed by atoms with Crippen molar-refractivity contribution in [2.24, 2.45) is 0 Å². The van der Waals surface area contributed by atoms with Gasteiger partial charge in [-0.15, -0.1) is 0 Å². The van der Waals surface area contributed by atoms with Crippen LogP contribution in [-0.2, 0) is 0 Å². The Morgan fingerprint density at radius 1 is 1.12 bits per heavy atom. The van der Waals surface area contributed by atoms with Gasteiger partial charge in [0.15, 0.2) is 0 Å². The summed E-state index contributed by atoms with van der Waals surface area (Å²) in [6.45, 7) is 1.96. The van der Waals surface area contributed by atoms with Crippen LogP contribution in [0.5, 0.6) is 11.5 Å². The quantitative estimate of drug-likeness (QED) is 0.860. The molecule has 1 aromatic carbocycles. The number of nitrogens with one attached hydrogen (secondary N) is 1. The number of aryl methyl sites for hydroxylation is 1. The molecule has 0 saturated carbocycles. The van der Waals surface area contributed by atoms with Crippen molar-refractivity contribution in [2.75, 3.05) is 14.2 Å². The number of aromatic nitrogens is 2. The molecule has 0 fully saturated rings. The van der Waals surface area contributed by atoms with E-state index in [9.17, 15) is 0 Å². The summed E-state index contributed by atoms with van der Waals surface area (Å²) >= 11 is 0. The van der Waals surface area contributed by atoms with E-state index in [1.165, 1.54) is 0 Å². The molecule has 0 aliphatic carbocycles. The maximum absolute atomic E-state index is 5.32. The van der Waals surface area contributed by atoms with Crippen molar-refractivity contribution in [3.05, 3.63) is 30.0 Å². The maximum atomic E-state index is 5.32. The minimum Gasteiger partial charge on any atom is -0.496 e. The highest BCUT2D eigenvalue weighted by atomic mass is 16.5. The lowest BCUT2D eigenvalue weighted by Gasteiger charge is -2.10. The van der Waals surface area contributed by atoms with Crippen LogP contribution >= 0.6 is 0 Å². The molecule has 0 unspecified atom stereocenters. The van der Waals surface area contributed by atoms with E-state index in [0.717, 1.165) is 28.5 Å². The van der Waals surface area contributed by atoms with Gasteiger partial charge in [0.05, 0.1) is 25.5 Å². The molecule has 1 heterocycles. The lowest BCUT2D eigenvalue weighted by atomic mass is 10.1. The Hall–Kier alpha value is -1.97. The minimum atomic E-state index is 0.755. The molecule has 0 saturated heterocycles. The minimum absolute atomic E-state index is 0.755. The van der Waals surface area contributed by atoms with Crippen LogP contribution in [-0.4, -0.2) is 24.4 Å². The van der Waals surface area contributed by atoms with E-state index in [-0.39, 0.29) is 0 Å². The zero-order valence-corrected chi connectivity index (χ0v) is 9.57. The molecule has 0 radical (unpaired) electrons. The number of aromatic amines is 1. The number of H-pyrrole nitrogens is 1. The predicted molar refractivity (Wildman–Crippen MR) is 61.9 cm³/mol. The second-order valence-corrected chi connectivity index (χ2v) is 3.47. The Bertz CT molecular complexity index is 469. The maximum Gasteiger partial charge on any atom is 0.132 e. The fourth-order valence-corrected chi connectivity index (χ4v) is 1.65. The molecule has 1 aromatic heterocycles. The summed E-state index contributed by atoms with van der Waals surface area (Å²) < 4.78 is 10.6. The van der Waals surface area contributed by atoms with E-state index in [1.807, 2.05) is 31.2 Å². The van der Waals surface area contributed by atoms with Crippen LogP contribution in [0.3, 0.4) is 0 Å². The number of hydrogen-bond donors (Lipinski definition) is 1. The van der Waals surface area contributed by atoms with E-state index in [0.29, 0.717) is 0 Å². The van der Waals surface area contributed by atoms with Crippen LogP contribution in [0.25, 0.3) is 11.3 Å². The predicted octanol–water partition coefficient (Wildman–Crippen LogP) is 2.40. The van der Waals surface area contributed by atoms with Gasteiger partial charge in [-0.3, -0.25) is 5.10 Å². The highest BCUT2D eigenvalue weighted by Gasteiger charge is 2.14. The number of benzene rings is 1. The number of nitrogens with zero attached hydrogens (tertiary/aromatic N) is 1. The summed E-state index contributed by atoms with van der Waals surface area (Å²) in [6.07, 6.45) is 0. The van der Waals surface area contributed by atoms with Gasteiger partial charge in [-0.05, 0) is 25.1 Å². The second-order valence-electron chi connectivity index (χ2n) is 3.47. The van der Waals surface area contributed by atoms with Gasteiger partial charge >= 0.3 is 0 Å². The zero-order valence-electron chi connectivity index (χ0n) is 9.57. The first-order valence-electron chi connectivity index (χ1n) is 4.99. The highest BCUT2D eigenvalue weighted by Crippen LogP contribution is 2.37. The van der Waals surface area contributed by atoms with Crippen molar-refractivity contribution in [1.29, 1.82) is 0 Å². The average molecular weight is 218 g/mol. The molecule has 4 nitrogen and oxygen atoms in total. The first kappa shape index (κ1) is 10.5. The molecule has 0 bridgehead atoms. The summed E-state index contributed by atoms with van der Waals surface area (Å²) in [4.78, 5) is 0. The summed E-state index contributed by atoms with van der Waals surface area (Å²) in [7, 11) is 3.27. The molecule has 0 atom stereocenters. The molecular formula is C12H14N2O2. The van der Waals surface area contributed by atoms with Gasteiger partial charge < -0.3 is 9.47 Å². The molecular weight excluding hydrogens is 204 g/mol. The van der Waals surface area contributed by atoms with Crippen molar-refractivity contribution in [2.45, 2.75) is 6.92 Å². The van der Waals surface area contributed by atoms with Crippen molar-refractivity contribution in [1.82, 2.24) is 10.2 Å². The molecule has 0 aliphatic rings. The third-order valence-electron chi connectivity index (χ3n) is 2.39. The fraction of sp³-hybridized carbons (Fsp3) is 0.250. The second kappa shape index (κ2) is 4.26. The van der Waals surface area contributed by atoms with Crippen LogP contribution in [0.1, 0.15) is 5.69 Å². The van der Waals surface area contributed by atoms with E-state index in [2.05, 4.69) is 10.2 Å². The van der Waals surface area contributed by atoms with Crippen LogP contribution < -0.4 is 9.47 Å². The molecule has 0 aliphatic heterocycles. The molecule has 0 amide bonds. The first-order valence-corrected chi connectivity index (χ1v) is 4.99. The highest BCUT2D eigenvalue weighted by molar-refractivity contribution is 5.74. The Balaban J connectivity index is 2.60. The van der Waals surface area contributed by atoms with E-state index in [4.69, 9.17) is 9.47 Å². The number of rotatable bonds is 3. The Kier molecular flexibility index (Phi) is 2.81. The van der Waals surface area contributed by atoms with Crippen molar-refractivity contribution in [3.63, 3.8) is 0 Å². The Morgan fingerprint density at radius 3 is 2.19 bits per heavy atom. The fourth-order valence-electron chi connectivity index (χ4n) is 1.65. The lowest BCUT2D eigenvalue weighted by molar-refractivity contribution is 0.397. The Labute approximate surface area is 94.2 Å². The van der Waals surface area contributed by atoms with Gasteiger partial charge in [0.25, 0.3) is 0 Å². The van der Waals surface area contributed by atoms with Gasteiger partial charge in [-0.25, -0.2) is 0 Å². The third kappa shape index (κ3) is 1.74. The molecule has 0 spiro atoms. The smallest absolute Gasteiger partial charge is 0.132 e. The van der Waals surface area contributed by atoms with E-state index >= 15 is 0 Å². The zero-order chi connectivity index (χ0) is 11.5. The molecule has 84 valence electrons. The Morgan fingerprint density at radius 2 is 1.75 bits per heavy atom. The summed E-state index contributed by atoms with van der Waals surface area (Å²) in [5.41, 5.74) is 2.70. The summed E-state index contributed by atoms with van der Waals surface area (Å²) in [5.74, 6) is 1.51. The first-order chi connectivity index (χ1) is 7.76. The normalized spacial score (nSPS) is 10.2. The van der Waals surface area contributed by atoms with Gasteiger partial charge in [-0.2, -0.15) is 5.10 Å². The van der Waals surface area contributed by atoms with Gasteiger partial charge in [0.1, 0.15) is 11.5 Å². The van der Waals surface area contributed by atoms with Gasteiger partial charge in [0, 0.05) is 5.69 Å². The van der Waals surface area contributed by atoms with Gasteiger partial charge in [-0.1, -0.05) is 6.07 Å². The number of ether oxygens (including phenoxy) is 2. The van der Waals surface area contributed by atoms with Crippen molar-refractivity contribution < 1.29 is 9.47 Å². The average Bonchev–Trinajstić information content (AvgIpc) is 2.74. The molecule has 2 aromatic rings. The van der Waals surface area contributed by atoms with Crippen LogP contribution in [0, 0.1) is 6.92 Å². The number of methoxy groups -OCH3 is 2. The molecule has 16 heavy (non-hydrogen) atoms. The molecule has 1 N–H and O–H groups in total. The topological polar surface area (TPSA) is 47.1 Å². The lowest BCUT2D eigenvalue weighted by Crippen LogP contribution is -1.92. The third-order valence-corrected chi connectivity index (χ3v) is 2.39. The summed E-state index contributed by atoms with van der Waals surface area (Å²) in [5, 5.41) is 7.13. The van der Waals surface area contributed by atoms with Crippen molar-refractivity contribution in [3.8, 4) is 22.8 Å². The summed E-state index contributed by atoms with van der Waals surface area (Å²) in [6, 6.07) is 7.63. The monoisotopic (exact) mass is 218 g/mol.